The SMILES string of the molecule is CCn1nc(C)cc1CC(CC1CCCC1)NN. The maximum absolute atomic E-state index is 5.72. The second-order valence-corrected chi connectivity index (χ2v) is 5.55. The largest absolute Gasteiger partial charge is 0.271 e. The molecule has 4 nitrogen and oxygen atoms in total. The van der Waals surface area contributed by atoms with Gasteiger partial charge in [0, 0.05) is 24.7 Å². The number of rotatable bonds is 6. The Morgan fingerprint density at radius 2 is 2.22 bits per heavy atom. The molecule has 1 saturated carbocycles. The molecule has 102 valence electrons. The lowest BCUT2D eigenvalue weighted by molar-refractivity contribution is 0.382. The maximum Gasteiger partial charge on any atom is 0.0596 e. The van der Waals surface area contributed by atoms with Crippen LogP contribution in [-0.4, -0.2) is 15.8 Å². The molecule has 1 atom stereocenters. The van der Waals surface area contributed by atoms with E-state index in [0.717, 1.165) is 24.6 Å². The number of nitrogens with two attached hydrogens (primary N) is 1. The number of aromatic nitrogens is 2. The highest BCUT2D eigenvalue weighted by molar-refractivity contribution is 5.10. The van der Waals surface area contributed by atoms with Crippen molar-refractivity contribution in [1.82, 2.24) is 15.2 Å². The summed E-state index contributed by atoms with van der Waals surface area (Å²) in [6.07, 6.45) is 7.74. The van der Waals surface area contributed by atoms with Crippen LogP contribution in [0.1, 0.15) is 50.4 Å². The Balaban J connectivity index is 1.95. The molecule has 1 unspecified atom stereocenters. The van der Waals surface area contributed by atoms with Crippen molar-refractivity contribution in [2.24, 2.45) is 11.8 Å². The number of nitrogens with one attached hydrogen (secondary N) is 1. The highest BCUT2D eigenvalue weighted by atomic mass is 15.3. The van der Waals surface area contributed by atoms with E-state index in [9.17, 15) is 0 Å². The van der Waals surface area contributed by atoms with E-state index in [0.29, 0.717) is 6.04 Å². The molecular formula is C14H26N4. The molecule has 1 aliphatic carbocycles. The van der Waals surface area contributed by atoms with E-state index in [1.165, 1.54) is 37.8 Å². The molecule has 0 aromatic carbocycles. The highest BCUT2D eigenvalue weighted by Crippen LogP contribution is 2.29. The summed E-state index contributed by atoms with van der Waals surface area (Å²) in [5.74, 6) is 6.58. The molecule has 1 fully saturated rings. The van der Waals surface area contributed by atoms with Crippen molar-refractivity contribution >= 4 is 0 Å². The molecule has 0 bridgehead atoms. The molecule has 1 aromatic heterocycles. The van der Waals surface area contributed by atoms with Crippen LogP contribution in [-0.2, 0) is 13.0 Å². The molecule has 1 aromatic rings. The summed E-state index contributed by atoms with van der Waals surface area (Å²) in [6.45, 7) is 5.12. The van der Waals surface area contributed by atoms with E-state index < -0.39 is 0 Å². The van der Waals surface area contributed by atoms with Crippen molar-refractivity contribution < 1.29 is 0 Å². The monoisotopic (exact) mass is 250 g/mol. The van der Waals surface area contributed by atoms with Gasteiger partial charge in [0.25, 0.3) is 0 Å². The average molecular weight is 250 g/mol. The summed E-state index contributed by atoms with van der Waals surface area (Å²) < 4.78 is 2.09. The van der Waals surface area contributed by atoms with Crippen LogP contribution in [0.2, 0.25) is 0 Å². The summed E-state index contributed by atoms with van der Waals surface area (Å²) in [5, 5.41) is 4.50. The van der Waals surface area contributed by atoms with Gasteiger partial charge in [-0.15, -0.1) is 0 Å². The topological polar surface area (TPSA) is 55.9 Å². The number of nitrogens with zero attached hydrogens (tertiary/aromatic N) is 2. The fourth-order valence-electron chi connectivity index (χ4n) is 3.15. The first kappa shape index (κ1) is 13.6. The highest BCUT2D eigenvalue weighted by Gasteiger charge is 2.20. The average Bonchev–Trinajstić information content (AvgIpc) is 2.98. The van der Waals surface area contributed by atoms with Crippen LogP contribution < -0.4 is 11.3 Å². The first-order chi connectivity index (χ1) is 8.72. The molecule has 0 amide bonds. The Bertz CT molecular complexity index is 366. The Labute approximate surface area is 110 Å². The van der Waals surface area contributed by atoms with Crippen LogP contribution in [0.15, 0.2) is 6.07 Å². The lowest BCUT2D eigenvalue weighted by Crippen LogP contribution is -2.38. The van der Waals surface area contributed by atoms with Gasteiger partial charge in [0.05, 0.1) is 5.69 Å². The molecule has 1 heterocycles. The van der Waals surface area contributed by atoms with Crippen LogP contribution in [0, 0.1) is 12.8 Å². The number of hydrazine groups is 1. The predicted octanol–water partition coefficient (Wildman–Crippen LogP) is 2.17. The van der Waals surface area contributed by atoms with Crippen LogP contribution in [0.5, 0.6) is 0 Å². The molecule has 4 heteroatoms. The first-order valence-electron chi connectivity index (χ1n) is 7.22. The van der Waals surface area contributed by atoms with E-state index in [-0.39, 0.29) is 0 Å². The molecular weight excluding hydrogens is 224 g/mol. The van der Waals surface area contributed by atoms with Crippen molar-refractivity contribution in [1.29, 1.82) is 0 Å². The second kappa shape index (κ2) is 6.34. The fourth-order valence-corrected chi connectivity index (χ4v) is 3.15. The zero-order chi connectivity index (χ0) is 13.0. The minimum absolute atomic E-state index is 0.384. The molecule has 18 heavy (non-hydrogen) atoms. The van der Waals surface area contributed by atoms with Crippen molar-refractivity contribution in [3.05, 3.63) is 17.5 Å². The van der Waals surface area contributed by atoms with Gasteiger partial charge < -0.3 is 0 Å². The summed E-state index contributed by atoms with van der Waals surface area (Å²) in [7, 11) is 0. The summed E-state index contributed by atoms with van der Waals surface area (Å²) >= 11 is 0. The molecule has 0 saturated heterocycles. The van der Waals surface area contributed by atoms with E-state index >= 15 is 0 Å². The zero-order valence-corrected chi connectivity index (χ0v) is 11.7. The van der Waals surface area contributed by atoms with E-state index in [4.69, 9.17) is 5.84 Å². The van der Waals surface area contributed by atoms with Crippen LogP contribution in [0.25, 0.3) is 0 Å². The van der Waals surface area contributed by atoms with Gasteiger partial charge in [0.2, 0.25) is 0 Å². The lowest BCUT2D eigenvalue weighted by atomic mass is 9.96. The normalized spacial score (nSPS) is 18.4. The molecule has 3 N–H and O–H groups in total. The Morgan fingerprint density at radius 1 is 1.50 bits per heavy atom. The van der Waals surface area contributed by atoms with Crippen molar-refractivity contribution in [3.8, 4) is 0 Å². The summed E-state index contributed by atoms with van der Waals surface area (Å²) in [6, 6.07) is 2.57. The third-order valence-electron chi connectivity index (χ3n) is 4.07. The number of hydrogen-bond acceptors (Lipinski definition) is 3. The molecule has 0 spiro atoms. The zero-order valence-electron chi connectivity index (χ0n) is 11.7. The van der Waals surface area contributed by atoms with Crippen LogP contribution >= 0.6 is 0 Å². The van der Waals surface area contributed by atoms with Crippen LogP contribution in [0.4, 0.5) is 0 Å². The van der Waals surface area contributed by atoms with E-state index in [1.807, 2.05) is 0 Å². The van der Waals surface area contributed by atoms with Gasteiger partial charge in [-0.05, 0) is 32.3 Å². The lowest BCUT2D eigenvalue weighted by Gasteiger charge is -2.20. The predicted molar refractivity (Wildman–Crippen MR) is 74.0 cm³/mol. The summed E-state index contributed by atoms with van der Waals surface area (Å²) in [5.41, 5.74) is 5.40. The minimum Gasteiger partial charge on any atom is -0.271 e. The molecule has 0 aliphatic heterocycles. The Hall–Kier alpha value is -0.870. The summed E-state index contributed by atoms with van der Waals surface area (Å²) in [4.78, 5) is 0. The van der Waals surface area contributed by atoms with Gasteiger partial charge in [-0.2, -0.15) is 5.10 Å². The second-order valence-electron chi connectivity index (χ2n) is 5.55. The fraction of sp³-hybridized carbons (Fsp3) is 0.786. The van der Waals surface area contributed by atoms with E-state index in [2.05, 4.69) is 35.1 Å². The van der Waals surface area contributed by atoms with Gasteiger partial charge in [0.15, 0.2) is 0 Å². The van der Waals surface area contributed by atoms with Gasteiger partial charge in [-0.3, -0.25) is 16.0 Å². The molecule has 1 aliphatic rings. The Kier molecular flexibility index (Phi) is 4.78. The van der Waals surface area contributed by atoms with Gasteiger partial charge >= 0.3 is 0 Å². The standard InChI is InChI=1S/C14H26N4/c1-3-18-14(8-11(2)17-18)10-13(16-15)9-12-6-4-5-7-12/h8,12-13,16H,3-7,9-10,15H2,1-2H3. The van der Waals surface area contributed by atoms with Gasteiger partial charge in [-0.25, -0.2) is 0 Å². The Morgan fingerprint density at radius 3 is 2.83 bits per heavy atom. The minimum atomic E-state index is 0.384. The van der Waals surface area contributed by atoms with Crippen molar-refractivity contribution in [3.63, 3.8) is 0 Å². The number of aryl methyl sites for hydroxylation is 2. The number of hydrogen-bond donors (Lipinski definition) is 2. The van der Waals surface area contributed by atoms with Gasteiger partial charge in [0.1, 0.15) is 0 Å². The van der Waals surface area contributed by atoms with Gasteiger partial charge in [-0.1, -0.05) is 25.7 Å². The smallest absolute Gasteiger partial charge is 0.0596 e. The van der Waals surface area contributed by atoms with Crippen molar-refractivity contribution in [2.75, 3.05) is 0 Å². The third kappa shape index (κ3) is 3.33. The van der Waals surface area contributed by atoms with Crippen molar-refractivity contribution in [2.45, 2.75) is 65.0 Å². The molecule has 0 radical (unpaired) electrons. The van der Waals surface area contributed by atoms with Crippen LogP contribution in [0.3, 0.4) is 0 Å². The maximum atomic E-state index is 5.72. The third-order valence-corrected chi connectivity index (χ3v) is 4.07. The van der Waals surface area contributed by atoms with E-state index in [1.54, 1.807) is 0 Å². The molecule has 2 rings (SSSR count). The first-order valence-corrected chi connectivity index (χ1v) is 7.22. The quantitative estimate of drug-likeness (QED) is 0.601.